The minimum atomic E-state index is -0.982. The molecule has 1 aliphatic rings. The monoisotopic (exact) mass is 706 g/mol. The highest BCUT2D eigenvalue weighted by Gasteiger charge is 2.35. The summed E-state index contributed by atoms with van der Waals surface area (Å²) in [6.45, 7) is 6.19. The molecule has 0 amide bonds. The molecule has 1 atom stereocenters. The summed E-state index contributed by atoms with van der Waals surface area (Å²) in [6, 6.07) is 16.4. The number of aromatic nitrogens is 1. The molecule has 1 N–H and O–H groups in total. The SMILES string of the molecule is CCOC(=O)C1=C(C)N=c2s/c(=C/c3ccc(OCc4ccc(C(=O)O)cc4)cc3)c(=O)n2[C@@H]1c1cc(OC)c(OCC)cc1Br. The molecule has 0 radical (unpaired) electrons. The van der Waals surface area contributed by atoms with Crippen LogP contribution in [0.3, 0.4) is 0 Å². The molecule has 2 heterocycles. The number of allylic oxidation sites excluding steroid dienone is 1. The van der Waals surface area contributed by atoms with Crippen LogP contribution in [0.2, 0.25) is 0 Å². The van der Waals surface area contributed by atoms with Gasteiger partial charge in [0.25, 0.3) is 5.56 Å². The molecule has 0 spiro atoms. The van der Waals surface area contributed by atoms with Gasteiger partial charge in [0.15, 0.2) is 16.3 Å². The molecule has 5 rings (SSSR count). The Morgan fingerprint density at radius 3 is 2.37 bits per heavy atom. The van der Waals surface area contributed by atoms with E-state index in [4.69, 9.17) is 24.1 Å². The van der Waals surface area contributed by atoms with Crippen molar-refractivity contribution in [3.05, 3.63) is 118 Å². The van der Waals surface area contributed by atoms with Gasteiger partial charge in [0, 0.05) is 4.47 Å². The maximum atomic E-state index is 14.0. The van der Waals surface area contributed by atoms with E-state index in [9.17, 15) is 14.4 Å². The zero-order chi connectivity index (χ0) is 33.0. The van der Waals surface area contributed by atoms with Crippen molar-refractivity contribution in [1.82, 2.24) is 4.57 Å². The molecule has 0 unspecified atom stereocenters. The number of benzene rings is 3. The number of rotatable bonds is 11. The number of ether oxygens (including phenoxy) is 4. The number of carbonyl (C=O) groups is 2. The molecule has 1 aromatic heterocycles. The van der Waals surface area contributed by atoms with Gasteiger partial charge in [0.05, 0.1) is 47.7 Å². The Labute approximate surface area is 277 Å². The lowest BCUT2D eigenvalue weighted by Gasteiger charge is -2.26. The van der Waals surface area contributed by atoms with E-state index in [0.717, 1.165) is 11.1 Å². The van der Waals surface area contributed by atoms with Gasteiger partial charge in [-0.15, -0.1) is 0 Å². The fraction of sp³-hybridized carbons (Fsp3) is 0.235. The first-order valence-corrected chi connectivity index (χ1v) is 16.0. The largest absolute Gasteiger partial charge is 0.493 e. The minimum absolute atomic E-state index is 0.164. The first-order chi connectivity index (χ1) is 22.1. The Morgan fingerprint density at radius 2 is 1.74 bits per heavy atom. The van der Waals surface area contributed by atoms with Gasteiger partial charge in [0.2, 0.25) is 0 Å². The molecule has 0 bridgehead atoms. The molecular formula is C34H31BrN2O8S. The van der Waals surface area contributed by atoms with Crippen LogP contribution >= 0.6 is 27.3 Å². The zero-order valence-corrected chi connectivity index (χ0v) is 27.9. The second-order valence-electron chi connectivity index (χ2n) is 10.1. The maximum absolute atomic E-state index is 14.0. The lowest BCUT2D eigenvalue weighted by molar-refractivity contribution is -0.139. The average molecular weight is 708 g/mol. The number of carboxylic acids is 1. The number of carboxylic acid groups (broad SMARTS) is 1. The van der Waals surface area contributed by atoms with E-state index in [1.165, 1.54) is 35.1 Å². The van der Waals surface area contributed by atoms with Crippen LogP contribution in [0.1, 0.15) is 53.9 Å². The predicted octanol–water partition coefficient (Wildman–Crippen LogP) is 5.25. The molecule has 238 valence electrons. The summed E-state index contributed by atoms with van der Waals surface area (Å²) in [5.41, 5.74) is 2.83. The molecule has 46 heavy (non-hydrogen) atoms. The highest BCUT2D eigenvalue weighted by Crippen LogP contribution is 2.41. The molecule has 3 aromatic carbocycles. The number of fused-ring (bicyclic) bond motifs is 1. The van der Waals surface area contributed by atoms with Crippen molar-refractivity contribution in [3.63, 3.8) is 0 Å². The van der Waals surface area contributed by atoms with E-state index < -0.39 is 18.0 Å². The van der Waals surface area contributed by atoms with Crippen molar-refractivity contribution in [2.75, 3.05) is 20.3 Å². The Hall–Kier alpha value is -4.68. The van der Waals surface area contributed by atoms with Crippen LogP contribution in [0.25, 0.3) is 6.08 Å². The molecule has 0 saturated heterocycles. The summed E-state index contributed by atoms with van der Waals surface area (Å²) >= 11 is 4.86. The summed E-state index contributed by atoms with van der Waals surface area (Å²) in [5.74, 6) is 0.0560. The molecule has 1 aliphatic heterocycles. The summed E-state index contributed by atoms with van der Waals surface area (Å²) in [4.78, 5) is 43.5. The number of thiazole rings is 1. The summed E-state index contributed by atoms with van der Waals surface area (Å²) < 4.78 is 25.2. The Balaban J connectivity index is 1.51. The van der Waals surface area contributed by atoms with Crippen molar-refractivity contribution >= 4 is 45.3 Å². The van der Waals surface area contributed by atoms with Gasteiger partial charge in [-0.3, -0.25) is 9.36 Å². The number of aromatic carboxylic acids is 1. The lowest BCUT2D eigenvalue weighted by Crippen LogP contribution is -2.40. The average Bonchev–Trinajstić information content (AvgIpc) is 3.34. The number of hydrogen-bond donors (Lipinski definition) is 1. The Bertz CT molecular complexity index is 2000. The summed E-state index contributed by atoms with van der Waals surface area (Å²) in [7, 11) is 1.53. The fourth-order valence-corrected chi connectivity index (χ4v) is 6.58. The minimum Gasteiger partial charge on any atom is -0.493 e. The third-order valence-corrected chi connectivity index (χ3v) is 8.85. The molecule has 10 nitrogen and oxygen atoms in total. The van der Waals surface area contributed by atoms with Gasteiger partial charge in [-0.05, 0) is 79.9 Å². The van der Waals surface area contributed by atoms with Crippen LogP contribution in [0, 0.1) is 0 Å². The van der Waals surface area contributed by atoms with Crippen LogP contribution in [-0.4, -0.2) is 41.9 Å². The van der Waals surface area contributed by atoms with Crippen LogP contribution in [0.4, 0.5) is 0 Å². The predicted molar refractivity (Wildman–Crippen MR) is 176 cm³/mol. The van der Waals surface area contributed by atoms with Crippen LogP contribution in [-0.2, 0) is 16.1 Å². The van der Waals surface area contributed by atoms with Gasteiger partial charge < -0.3 is 24.1 Å². The Morgan fingerprint density at radius 1 is 1.02 bits per heavy atom. The summed E-state index contributed by atoms with van der Waals surface area (Å²) in [6.07, 6.45) is 1.77. The molecule has 12 heteroatoms. The number of esters is 1. The normalized spacial score (nSPS) is 14.4. The number of hydrogen-bond acceptors (Lipinski definition) is 9. The van der Waals surface area contributed by atoms with Gasteiger partial charge in [0.1, 0.15) is 12.4 Å². The number of carbonyl (C=O) groups excluding carboxylic acids is 1. The topological polar surface area (TPSA) is 126 Å². The van der Waals surface area contributed by atoms with E-state index in [2.05, 4.69) is 20.9 Å². The second kappa shape index (κ2) is 14.2. The molecule has 4 aromatic rings. The van der Waals surface area contributed by atoms with Crippen molar-refractivity contribution in [3.8, 4) is 17.2 Å². The van der Waals surface area contributed by atoms with Crippen molar-refractivity contribution in [1.29, 1.82) is 0 Å². The number of nitrogens with zero attached hydrogens (tertiary/aromatic N) is 2. The van der Waals surface area contributed by atoms with Crippen molar-refractivity contribution in [2.24, 2.45) is 4.99 Å². The highest BCUT2D eigenvalue weighted by atomic mass is 79.9. The smallest absolute Gasteiger partial charge is 0.338 e. The van der Waals surface area contributed by atoms with Gasteiger partial charge in [-0.2, -0.15) is 0 Å². The van der Waals surface area contributed by atoms with E-state index in [0.29, 0.717) is 48.9 Å². The van der Waals surface area contributed by atoms with Crippen molar-refractivity contribution < 1.29 is 33.6 Å². The van der Waals surface area contributed by atoms with E-state index in [1.54, 1.807) is 56.3 Å². The molecule has 0 fully saturated rings. The van der Waals surface area contributed by atoms with E-state index >= 15 is 0 Å². The maximum Gasteiger partial charge on any atom is 0.338 e. The third kappa shape index (κ3) is 6.77. The lowest BCUT2D eigenvalue weighted by atomic mass is 9.95. The Kier molecular flexibility index (Phi) is 10.1. The zero-order valence-electron chi connectivity index (χ0n) is 25.5. The highest BCUT2D eigenvalue weighted by molar-refractivity contribution is 9.10. The van der Waals surface area contributed by atoms with Gasteiger partial charge >= 0.3 is 11.9 Å². The van der Waals surface area contributed by atoms with Crippen molar-refractivity contribution in [2.45, 2.75) is 33.4 Å². The second-order valence-corrected chi connectivity index (χ2v) is 12.0. The number of methoxy groups -OCH3 is 1. The van der Waals surface area contributed by atoms with Crippen LogP contribution < -0.4 is 29.1 Å². The van der Waals surface area contributed by atoms with Crippen LogP contribution in [0.15, 0.2) is 86.2 Å². The molecule has 0 aliphatic carbocycles. The standard InChI is InChI=1S/C34H31BrN2O8S/c1-5-43-27-17-25(35)24(16-26(27)42-4)30-29(33(41)44-6-2)19(3)36-34-37(30)31(38)28(46-34)15-20-9-13-23(14-10-20)45-18-21-7-11-22(12-8-21)32(39)40/h7-17,30H,5-6,18H2,1-4H3,(H,39,40)/b28-15+/t30-/m1/s1. The fourth-order valence-electron chi connectivity index (χ4n) is 5.00. The third-order valence-electron chi connectivity index (χ3n) is 7.18. The first-order valence-electron chi connectivity index (χ1n) is 14.4. The van der Waals surface area contributed by atoms with Crippen LogP contribution in [0.5, 0.6) is 17.2 Å². The molecule has 0 saturated carbocycles. The molecular weight excluding hydrogens is 676 g/mol. The number of halogens is 1. The van der Waals surface area contributed by atoms with E-state index in [1.807, 2.05) is 19.1 Å². The van der Waals surface area contributed by atoms with E-state index in [-0.39, 0.29) is 29.9 Å². The van der Waals surface area contributed by atoms with Gasteiger partial charge in [-0.1, -0.05) is 51.5 Å². The first kappa shape index (κ1) is 32.7. The van der Waals surface area contributed by atoms with Gasteiger partial charge in [-0.25, -0.2) is 14.6 Å². The quantitative estimate of drug-likeness (QED) is 0.210. The summed E-state index contributed by atoms with van der Waals surface area (Å²) in [5, 5.41) is 9.08.